The third-order valence-electron chi connectivity index (χ3n) is 3.44. The van der Waals surface area contributed by atoms with Crippen LogP contribution in [0.5, 0.6) is 0 Å². The largest absolute Gasteiger partial charge is 0.365 e. The molecule has 17 heavy (non-hydrogen) atoms. The van der Waals surface area contributed by atoms with Gasteiger partial charge in [-0.2, -0.15) is 0 Å². The van der Waals surface area contributed by atoms with Gasteiger partial charge in [0, 0.05) is 5.57 Å². The zero-order valence-corrected chi connectivity index (χ0v) is 10.7. The SMILES string of the molecule is C=C=C1CC[C@H](CC)O[C@@H]1c1ccc(C)cc1. The van der Waals surface area contributed by atoms with Crippen LogP contribution in [0.25, 0.3) is 0 Å². The molecule has 0 bridgehead atoms. The Labute approximate surface area is 104 Å². The van der Waals surface area contributed by atoms with Crippen LogP contribution in [-0.4, -0.2) is 6.10 Å². The van der Waals surface area contributed by atoms with Gasteiger partial charge in [-0.3, -0.25) is 0 Å². The molecular formula is C16H20O. The number of ether oxygens (including phenoxy) is 1. The molecule has 1 fully saturated rings. The Morgan fingerprint density at radius 2 is 2.06 bits per heavy atom. The molecule has 1 aromatic rings. The Balaban J connectivity index is 2.26. The fraction of sp³-hybridized carbons (Fsp3) is 0.438. The monoisotopic (exact) mass is 228 g/mol. The van der Waals surface area contributed by atoms with E-state index in [0.29, 0.717) is 6.10 Å². The summed E-state index contributed by atoms with van der Waals surface area (Å²) < 4.78 is 6.13. The van der Waals surface area contributed by atoms with E-state index in [-0.39, 0.29) is 6.10 Å². The number of benzene rings is 1. The first-order chi connectivity index (χ1) is 8.24. The maximum absolute atomic E-state index is 6.13. The molecule has 0 spiro atoms. The van der Waals surface area contributed by atoms with Gasteiger partial charge in [0.2, 0.25) is 0 Å². The van der Waals surface area contributed by atoms with Crippen LogP contribution in [-0.2, 0) is 4.74 Å². The third-order valence-corrected chi connectivity index (χ3v) is 3.44. The fourth-order valence-electron chi connectivity index (χ4n) is 2.29. The molecule has 1 aliphatic heterocycles. The summed E-state index contributed by atoms with van der Waals surface area (Å²) >= 11 is 0. The molecule has 1 heteroatoms. The van der Waals surface area contributed by atoms with Crippen LogP contribution >= 0.6 is 0 Å². The van der Waals surface area contributed by atoms with Crippen molar-refractivity contribution in [2.45, 2.75) is 45.3 Å². The smallest absolute Gasteiger partial charge is 0.111 e. The first kappa shape index (κ1) is 12.2. The van der Waals surface area contributed by atoms with Gasteiger partial charge in [-0.05, 0) is 31.7 Å². The van der Waals surface area contributed by atoms with Crippen molar-refractivity contribution in [3.05, 3.63) is 53.3 Å². The van der Waals surface area contributed by atoms with Crippen LogP contribution in [0.3, 0.4) is 0 Å². The minimum absolute atomic E-state index is 0.0619. The topological polar surface area (TPSA) is 9.23 Å². The second kappa shape index (κ2) is 5.35. The number of rotatable bonds is 2. The number of aryl methyl sites for hydroxylation is 1. The van der Waals surface area contributed by atoms with Gasteiger partial charge in [-0.1, -0.05) is 43.3 Å². The van der Waals surface area contributed by atoms with Crippen molar-refractivity contribution in [3.63, 3.8) is 0 Å². The Bertz CT molecular complexity index is 423. The average Bonchev–Trinajstić information content (AvgIpc) is 2.39. The van der Waals surface area contributed by atoms with E-state index in [4.69, 9.17) is 4.74 Å². The van der Waals surface area contributed by atoms with Crippen LogP contribution in [0, 0.1) is 6.92 Å². The lowest BCUT2D eigenvalue weighted by atomic mass is 9.92. The van der Waals surface area contributed by atoms with E-state index in [1.807, 2.05) is 0 Å². The third kappa shape index (κ3) is 2.69. The van der Waals surface area contributed by atoms with E-state index in [1.54, 1.807) is 0 Å². The molecule has 1 heterocycles. The van der Waals surface area contributed by atoms with Crippen molar-refractivity contribution in [2.75, 3.05) is 0 Å². The average molecular weight is 228 g/mol. The predicted octanol–water partition coefficient (Wildman–Crippen LogP) is 4.34. The van der Waals surface area contributed by atoms with Gasteiger partial charge in [-0.25, -0.2) is 0 Å². The summed E-state index contributed by atoms with van der Waals surface area (Å²) in [6.45, 7) is 8.07. The van der Waals surface area contributed by atoms with Gasteiger partial charge in [-0.15, -0.1) is 5.73 Å². The molecule has 0 radical (unpaired) electrons. The summed E-state index contributed by atoms with van der Waals surface area (Å²) in [7, 11) is 0. The van der Waals surface area contributed by atoms with E-state index in [2.05, 4.69) is 50.4 Å². The van der Waals surface area contributed by atoms with Crippen LogP contribution < -0.4 is 0 Å². The summed E-state index contributed by atoms with van der Waals surface area (Å²) in [4.78, 5) is 0. The molecule has 0 unspecified atom stereocenters. The van der Waals surface area contributed by atoms with Crippen LogP contribution in [0.4, 0.5) is 0 Å². The van der Waals surface area contributed by atoms with E-state index in [0.717, 1.165) is 19.3 Å². The Hall–Kier alpha value is -1.30. The normalized spacial score (nSPS) is 24.5. The molecule has 0 saturated carbocycles. The van der Waals surface area contributed by atoms with Crippen molar-refractivity contribution in [2.24, 2.45) is 0 Å². The number of hydrogen-bond donors (Lipinski definition) is 0. The molecule has 0 aromatic heterocycles. The molecule has 1 aliphatic rings. The minimum atomic E-state index is 0.0619. The molecule has 1 aromatic carbocycles. The maximum Gasteiger partial charge on any atom is 0.111 e. The van der Waals surface area contributed by atoms with Gasteiger partial charge in [0.05, 0.1) is 6.10 Å². The molecular weight excluding hydrogens is 208 g/mol. The summed E-state index contributed by atoms with van der Waals surface area (Å²) in [6.07, 6.45) is 3.66. The molecule has 0 amide bonds. The second-order valence-corrected chi connectivity index (χ2v) is 4.70. The molecule has 1 saturated heterocycles. The molecule has 1 nitrogen and oxygen atoms in total. The molecule has 2 rings (SSSR count). The van der Waals surface area contributed by atoms with E-state index in [9.17, 15) is 0 Å². The summed E-state index contributed by atoms with van der Waals surface area (Å²) in [5.74, 6) is 0. The van der Waals surface area contributed by atoms with Crippen LogP contribution in [0.15, 0.2) is 42.1 Å². The van der Waals surface area contributed by atoms with E-state index >= 15 is 0 Å². The second-order valence-electron chi connectivity index (χ2n) is 4.70. The molecule has 90 valence electrons. The predicted molar refractivity (Wildman–Crippen MR) is 71.0 cm³/mol. The highest BCUT2D eigenvalue weighted by Gasteiger charge is 2.26. The van der Waals surface area contributed by atoms with Crippen molar-refractivity contribution < 1.29 is 4.74 Å². The standard InChI is InChI=1S/C16H20O/c1-4-13-10-11-15(5-2)17-16(13)14-8-6-12(3)7-9-14/h6-9,15-16H,1,5,10-11H2,2-3H3/t15-,16-/m0/s1. The van der Waals surface area contributed by atoms with E-state index in [1.165, 1.54) is 16.7 Å². The quantitative estimate of drug-likeness (QED) is 0.684. The highest BCUT2D eigenvalue weighted by molar-refractivity contribution is 5.29. The lowest BCUT2D eigenvalue weighted by Gasteiger charge is -2.31. The first-order valence-electron chi connectivity index (χ1n) is 6.35. The van der Waals surface area contributed by atoms with Gasteiger partial charge < -0.3 is 4.74 Å². The van der Waals surface area contributed by atoms with Crippen molar-refractivity contribution in [1.29, 1.82) is 0 Å². The van der Waals surface area contributed by atoms with Gasteiger partial charge in [0.25, 0.3) is 0 Å². The van der Waals surface area contributed by atoms with E-state index < -0.39 is 0 Å². The maximum atomic E-state index is 6.13. The lowest BCUT2D eigenvalue weighted by Crippen LogP contribution is -2.23. The lowest BCUT2D eigenvalue weighted by molar-refractivity contribution is -0.0217. The Kier molecular flexibility index (Phi) is 3.83. The van der Waals surface area contributed by atoms with Gasteiger partial charge >= 0.3 is 0 Å². The van der Waals surface area contributed by atoms with Crippen molar-refractivity contribution in [3.8, 4) is 0 Å². The zero-order valence-electron chi connectivity index (χ0n) is 10.7. The summed E-state index contributed by atoms with van der Waals surface area (Å²) in [5.41, 5.74) is 6.75. The zero-order chi connectivity index (χ0) is 12.3. The van der Waals surface area contributed by atoms with Gasteiger partial charge in [0.15, 0.2) is 0 Å². The highest BCUT2D eigenvalue weighted by atomic mass is 16.5. The Morgan fingerprint density at radius 1 is 1.35 bits per heavy atom. The fourth-order valence-corrected chi connectivity index (χ4v) is 2.29. The minimum Gasteiger partial charge on any atom is -0.365 e. The summed E-state index contributed by atoms with van der Waals surface area (Å²) in [5, 5.41) is 0. The summed E-state index contributed by atoms with van der Waals surface area (Å²) in [6, 6.07) is 8.56. The van der Waals surface area contributed by atoms with Crippen LogP contribution in [0.2, 0.25) is 0 Å². The molecule has 2 atom stereocenters. The van der Waals surface area contributed by atoms with Crippen molar-refractivity contribution >= 4 is 0 Å². The Morgan fingerprint density at radius 3 is 2.65 bits per heavy atom. The number of hydrogen-bond acceptors (Lipinski definition) is 1. The molecule has 0 N–H and O–H groups in total. The van der Waals surface area contributed by atoms with Gasteiger partial charge in [0.1, 0.15) is 6.10 Å². The van der Waals surface area contributed by atoms with Crippen molar-refractivity contribution in [1.82, 2.24) is 0 Å². The molecule has 0 aliphatic carbocycles. The first-order valence-corrected chi connectivity index (χ1v) is 6.35. The highest BCUT2D eigenvalue weighted by Crippen LogP contribution is 2.36. The van der Waals surface area contributed by atoms with Crippen LogP contribution in [0.1, 0.15) is 43.4 Å².